The number of carbonyl (C=O) groups is 2. The molecule has 1 heterocycles. The first-order chi connectivity index (χ1) is 19.7. The van der Waals surface area contributed by atoms with Crippen LogP contribution >= 0.6 is 0 Å². The lowest BCUT2D eigenvalue weighted by Gasteiger charge is -2.27. The summed E-state index contributed by atoms with van der Waals surface area (Å²) in [5, 5.41) is 11.4. The number of aliphatic hydroxyl groups excluding tert-OH is 1. The number of ether oxygens (including phenoxy) is 3. The highest BCUT2D eigenvalue weighted by Crippen LogP contribution is 2.42. The molecule has 1 aliphatic heterocycles. The Morgan fingerprint density at radius 1 is 0.976 bits per heavy atom. The van der Waals surface area contributed by atoms with Crippen LogP contribution in [0.3, 0.4) is 0 Å². The number of rotatable bonds is 16. The van der Waals surface area contributed by atoms with Gasteiger partial charge in [-0.05, 0) is 86.8 Å². The van der Waals surface area contributed by atoms with Crippen LogP contribution in [-0.4, -0.2) is 73.1 Å². The summed E-state index contributed by atoms with van der Waals surface area (Å²) < 4.78 is 17.3. The molecule has 224 valence electrons. The molecule has 1 unspecified atom stereocenters. The monoisotopic (exact) mass is 566 g/mol. The second-order valence-corrected chi connectivity index (χ2v) is 10.7. The van der Waals surface area contributed by atoms with E-state index < -0.39 is 17.7 Å². The number of amides is 1. The van der Waals surface area contributed by atoms with E-state index in [9.17, 15) is 14.7 Å². The zero-order valence-electron chi connectivity index (χ0n) is 25.4. The average Bonchev–Trinajstić information content (AvgIpc) is 3.23. The van der Waals surface area contributed by atoms with Gasteiger partial charge in [-0.25, -0.2) is 0 Å². The van der Waals surface area contributed by atoms with Crippen LogP contribution < -0.4 is 14.2 Å². The maximum Gasteiger partial charge on any atom is 0.295 e. The van der Waals surface area contributed by atoms with Crippen LogP contribution in [0.1, 0.15) is 71.0 Å². The van der Waals surface area contributed by atoms with Crippen molar-refractivity contribution in [2.45, 2.75) is 59.9 Å². The Morgan fingerprint density at radius 3 is 2.29 bits per heavy atom. The van der Waals surface area contributed by atoms with Gasteiger partial charge in [0.2, 0.25) is 0 Å². The second-order valence-electron chi connectivity index (χ2n) is 10.7. The summed E-state index contributed by atoms with van der Waals surface area (Å²) in [6, 6.07) is 11.6. The third kappa shape index (κ3) is 8.03. The van der Waals surface area contributed by atoms with Crippen molar-refractivity contribution in [3.05, 3.63) is 59.2 Å². The predicted octanol–water partition coefficient (Wildman–Crippen LogP) is 6.06. The first-order valence-electron chi connectivity index (χ1n) is 14.8. The molecule has 1 fully saturated rings. The zero-order valence-corrected chi connectivity index (χ0v) is 25.4. The summed E-state index contributed by atoms with van der Waals surface area (Å²) in [4.78, 5) is 30.7. The minimum atomic E-state index is -0.763. The summed E-state index contributed by atoms with van der Waals surface area (Å²) in [5.74, 6) is 0.764. The Kier molecular flexibility index (Phi) is 12.1. The standard InChI is InChI=1S/C33H46N2O6/c1-7-20-40-26-14-11-24(12-15-26)31(36)29-30(35(33(38)32(29)37)19-10-18-34(8-2)9-3)25-13-16-27(28(22-25)39-6)41-21-17-23(4)5/h11-16,22-23,30,36H,7-10,17-21H2,1-6H3. The van der Waals surface area contributed by atoms with Crippen LogP contribution in [0.4, 0.5) is 0 Å². The Balaban J connectivity index is 2.02. The van der Waals surface area contributed by atoms with Crippen molar-refractivity contribution in [3.8, 4) is 17.2 Å². The fraction of sp³-hybridized carbons (Fsp3) is 0.515. The smallest absolute Gasteiger partial charge is 0.295 e. The summed E-state index contributed by atoms with van der Waals surface area (Å²) >= 11 is 0. The lowest BCUT2D eigenvalue weighted by molar-refractivity contribution is -0.140. The van der Waals surface area contributed by atoms with Gasteiger partial charge in [0.15, 0.2) is 11.5 Å². The van der Waals surface area contributed by atoms with Crippen molar-refractivity contribution >= 4 is 17.4 Å². The molecule has 0 radical (unpaired) electrons. The minimum absolute atomic E-state index is 0.0654. The van der Waals surface area contributed by atoms with Crippen molar-refractivity contribution in [1.82, 2.24) is 9.80 Å². The van der Waals surface area contributed by atoms with Gasteiger partial charge < -0.3 is 29.1 Å². The molecule has 0 aliphatic carbocycles. The molecule has 0 spiro atoms. The van der Waals surface area contributed by atoms with Gasteiger partial charge in [0.05, 0.1) is 31.9 Å². The molecular formula is C33H46N2O6. The first kappa shape index (κ1) is 32.0. The number of carbonyl (C=O) groups excluding carboxylic acids is 2. The van der Waals surface area contributed by atoms with Gasteiger partial charge in [0.25, 0.3) is 11.7 Å². The van der Waals surface area contributed by atoms with E-state index in [-0.39, 0.29) is 11.3 Å². The van der Waals surface area contributed by atoms with E-state index in [1.165, 1.54) is 0 Å². The maximum atomic E-state index is 13.5. The molecule has 0 aromatic heterocycles. The van der Waals surface area contributed by atoms with Crippen LogP contribution in [-0.2, 0) is 9.59 Å². The largest absolute Gasteiger partial charge is 0.507 e. The Bertz CT molecular complexity index is 1190. The highest BCUT2D eigenvalue weighted by molar-refractivity contribution is 6.46. The fourth-order valence-corrected chi connectivity index (χ4v) is 4.92. The average molecular weight is 567 g/mol. The van der Waals surface area contributed by atoms with E-state index in [0.717, 1.165) is 32.5 Å². The van der Waals surface area contributed by atoms with Crippen molar-refractivity contribution in [3.63, 3.8) is 0 Å². The third-order valence-corrected chi connectivity index (χ3v) is 7.36. The van der Waals surface area contributed by atoms with E-state index in [1.807, 2.05) is 19.1 Å². The number of aliphatic hydroxyl groups is 1. The van der Waals surface area contributed by atoms with Gasteiger partial charge in [0, 0.05) is 12.1 Å². The Hall–Kier alpha value is -3.52. The molecule has 2 aromatic rings. The van der Waals surface area contributed by atoms with Crippen LogP contribution in [0.2, 0.25) is 0 Å². The summed E-state index contributed by atoms with van der Waals surface area (Å²) in [6.45, 7) is 14.6. The van der Waals surface area contributed by atoms with E-state index >= 15 is 0 Å². The molecule has 0 saturated carbocycles. The maximum absolute atomic E-state index is 13.5. The molecule has 41 heavy (non-hydrogen) atoms. The molecule has 8 heteroatoms. The van der Waals surface area contributed by atoms with Gasteiger partial charge in [0.1, 0.15) is 11.5 Å². The van der Waals surface area contributed by atoms with Crippen molar-refractivity contribution < 1.29 is 28.9 Å². The topological polar surface area (TPSA) is 88.5 Å². The van der Waals surface area contributed by atoms with Gasteiger partial charge in [-0.2, -0.15) is 0 Å². The van der Waals surface area contributed by atoms with Crippen molar-refractivity contribution in [2.75, 3.05) is 46.5 Å². The fourth-order valence-electron chi connectivity index (χ4n) is 4.92. The van der Waals surface area contributed by atoms with Gasteiger partial charge in [-0.1, -0.05) is 40.7 Å². The molecule has 1 aliphatic rings. The van der Waals surface area contributed by atoms with Gasteiger partial charge in [-0.3, -0.25) is 9.59 Å². The van der Waals surface area contributed by atoms with E-state index in [1.54, 1.807) is 42.3 Å². The second kappa shape index (κ2) is 15.5. The lowest BCUT2D eigenvalue weighted by atomic mass is 9.95. The van der Waals surface area contributed by atoms with Gasteiger partial charge >= 0.3 is 0 Å². The number of hydrogen-bond donors (Lipinski definition) is 1. The highest BCUT2D eigenvalue weighted by Gasteiger charge is 2.46. The normalized spacial score (nSPS) is 16.6. The quantitative estimate of drug-likeness (QED) is 0.150. The summed E-state index contributed by atoms with van der Waals surface area (Å²) in [5.41, 5.74) is 1.18. The van der Waals surface area contributed by atoms with Crippen LogP contribution in [0.5, 0.6) is 17.2 Å². The molecule has 2 aromatic carbocycles. The number of benzene rings is 2. The summed E-state index contributed by atoms with van der Waals surface area (Å²) in [7, 11) is 1.57. The van der Waals surface area contributed by atoms with Crippen molar-refractivity contribution in [2.24, 2.45) is 5.92 Å². The number of likely N-dealkylation sites (tertiary alicyclic amines) is 1. The summed E-state index contributed by atoms with van der Waals surface area (Å²) in [6.07, 6.45) is 2.48. The van der Waals surface area contributed by atoms with E-state index in [2.05, 4.69) is 32.6 Å². The third-order valence-electron chi connectivity index (χ3n) is 7.36. The van der Waals surface area contributed by atoms with Crippen LogP contribution in [0.25, 0.3) is 5.76 Å². The lowest BCUT2D eigenvalue weighted by Crippen LogP contribution is -2.33. The number of Topliss-reactive ketones (excluding diaryl/α,β-unsaturated/α-hetero) is 1. The molecule has 3 rings (SSSR count). The zero-order chi connectivity index (χ0) is 29.9. The van der Waals surface area contributed by atoms with Crippen molar-refractivity contribution in [1.29, 1.82) is 0 Å². The predicted molar refractivity (Wildman–Crippen MR) is 162 cm³/mol. The number of methoxy groups -OCH3 is 1. The van der Waals surface area contributed by atoms with E-state index in [0.29, 0.717) is 60.5 Å². The molecular weight excluding hydrogens is 520 g/mol. The molecule has 1 atom stereocenters. The minimum Gasteiger partial charge on any atom is -0.507 e. The highest BCUT2D eigenvalue weighted by atomic mass is 16.5. The molecule has 0 bridgehead atoms. The molecule has 1 saturated heterocycles. The van der Waals surface area contributed by atoms with Crippen LogP contribution in [0.15, 0.2) is 48.0 Å². The molecule has 1 N–H and O–H groups in total. The van der Waals surface area contributed by atoms with Crippen LogP contribution in [0, 0.1) is 5.92 Å². The molecule has 1 amide bonds. The van der Waals surface area contributed by atoms with E-state index in [4.69, 9.17) is 14.2 Å². The SMILES string of the molecule is CCCOc1ccc(C(O)=C2C(=O)C(=O)N(CCCN(CC)CC)C2c2ccc(OCCC(C)C)c(OC)c2)cc1. The van der Waals surface area contributed by atoms with Gasteiger partial charge in [-0.15, -0.1) is 0 Å². The number of hydrogen-bond acceptors (Lipinski definition) is 7. The Labute approximate surface area is 244 Å². The molecule has 8 nitrogen and oxygen atoms in total. The number of ketones is 1. The Morgan fingerprint density at radius 2 is 1.68 bits per heavy atom. The first-order valence-corrected chi connectivity index (χ1v) is 14.8. The number of nitrogens with zero attached hydrogens (tertiary/aromatic N) is 2.